The molecule has 0 aliphatic carbocycles. The normalized spacial score (nSPS) is 14.1. The van der Waals surface area contributed by atoms with Gasteiger partial charge >= 0.3 is 0 Å². The summed E-state index contributed by atoms with van der Waals surface area (Å²) >= 11 is 11.8. The van der Waals surface area contributed by atoms with Gasteiger partial charge < -0.3 is 15.5 Å². The zero-order chi connectivity index (χ0) is 22.5. The molecule has 0 unspecified atom stereocenters. The van der Waals surface area contributed by atoms with E-state index >= 15 is 0 Å². The third-order valence-corrected chi connectivity index (χ3v) is 5.91. The molecule has 0 spiro atoms. The van der Waals surface area contributed by atoms with E-state index in [0.717, 1.165) is 18.9 Å². The van der Waals surface area contributed by atoms with Crippen LogP contribution in [0, 0.1) is 5.92 Å². The standard InChI is InChI=1S/C24H22Cl2N4O2/c25-17-5-8-19(9-6-17)28-24(32)20-3-1-2-4-21(20)29-23(31)16-11-13-30(14-12-16)22-10-7-18(26)15-27-22/h1-10,15-16H,11-14H2,(H,28,32)(H,29,31). The van der Waals surface area contributed by atoms with Gasteiger partial charge in [0.2, 0.25) is 5.91 Å². The summed E-state index contributed by atoms with van der Waals surface area (Å²) in [6.07, 6.45) is 3.03. The molecule has 4 rings (SSSR count). The first-order valence-corrected chi connectivity index (χ1v) is 11.1. The minimum atomic E-state index is -0.299. The third kappa shape index (κ3) is 5.39. The van der Waals surface area contributed by atoms with Gasteiger partial charge in [0.15, 0.2) is 0 Å². The van der Waals surface area contributed by atoms with E-state index in [0.29, 0.717) is 39.8 Å². The second-order valence-corrected chi connectivity index (χ2v) is 8.46. The highest BCUT2D eigenvalue weighted by atomic mass is 35.5. The Labute approximate surface area is 196 Å². The molecule has 6 nitrogen and oxygen atoms in total. The van der Waals surface area contributed by atoms with Gasteiger partial charge in [-0.3, -0.25) is 9.59 Å². The van der Waals surface area contributed by atoms with Crippen LogP contribution in [0.2, 0.25) is 10.0 Å². The van der Waals surface area contributed by atoms with Gasteiger partial charge in [0.25, 0.3) is 5.91 Å². The summed E-state index contributed by atoms with van der Waals surface area (Å²) in [5.41, 5.74) is 1.52. The van der Waals surface area contributed by atoms with Crippen LogP contribution in [0.5, 0.6) is 0 Å². The summed E-state index contributed by atoms with van der Waals surface area (Å²) in [4.78, 5) is 32.2. The quantitative estimate of drug-likeness (QED) is 0.518. The lowest BCUT2D eigenvalue weighted by molar-refractivity contribution is -0.120. The van der Waals surface area contributed by atoms with Crippen molar-refractivity contribution in [1.29, 1.82) is 0 Å². The lowest BCUT2D eigenvalue weighted by atomic mass is 9.95. The molecule has 0 atom stereocenters. The summed E-state index contributed by atoms with van der Waals surface area (Å²) in [5, 5.41) is 6.97. The van der Waals surface area contributed by atoms with E-state index < -0.39 is 0 Å². The summed E-state index contributed by atoms with van der Waals surface area (Å²) in [7, 11) is 0. The van der Waals surface area contributed by atoms with Gasteiger partial charge in [0, 0.05) is 35.9 Å². The average molecular weight is 469 g/mol. The summed E-state index contributed by atoms with van der Waals surface area (Å²) in [6, 6.07) is 17.6. The first kappa shape index (κ1) is 22.1. The van der Waals surface area contributed by atoms with Gasteiger partial charge in [-0.1, -0.05) is 35.3 Å². The number of pyridine rings is 1. The summed E-state index contributed by atoms with van der Waals surface area (Å²) in [6.45, 7) is 1.46. The van der Waals surface area contributed by atoms with E-state index in [-0.39, 0.29) is 17.7 Å². The van der Waals surface area contributed by atoms with Crippen molar-refractivity contribution in [2.75, 3.05) is 28.6 Å². The molecule has 32 heavy (non-hydrogen) atoms. The van der Waals surface area contributed by atoms with Crippen LogP contribution in [0.3, 0.4) is 0 Å². The molecule has 2 heterocycles. The Morgan fingerprint density at radius 2 is 1.56 bits per heavy atom. The number of aromatic nitrogens is 1. The number of anilines is 3. The van der Waals surface area contributed by atoms with E-state index in [1.54, 1.807) is 54.7 Å². The van der Waals surface area contributed by atoms with Gasteiger partial charge in [-0.15, -0.1) is 0 Å². The second-order valence-electron chi connectivity index (χ2n) is 7.59. The van der Waals surface area contributed by atoms with E-state index in [4.69, 9.17) is 23.2 Å². The number of piperidine rings is 1. The Kier molecular flexibility index (Phi) is 6.93. The number of halogens is 2. The molecule has 0 radical (unpaired) electrons. The topological polar surface area (TPSA) is 74.3 Å². The molecule has 1 saturated heterocycles. The molecule has 0 bridgehead atoms. The summed E-state index contributed by atoms with van der Waals surface area (Å²) < 4.78 is 0. The molecule has 8 heteroatoms. The van der Waals surface area contributed by atoms with Crippen LogP contribution in [-0.4, -0.2) is 29.9 Å². The SMILES string of the molecule is O=C(Nc1ccc(Cl)cc1)c1ccccc1NC(=O)C1CCN(c2ccc(Cl)cn2)CC1. The fraction of sp³-hybridized carbons (Fsp3) is 0.208. The molecule has 2 aromatic carbocycles. The third-order valence-electron chi connectivity index (χ3n) is 5.43. The fourth-order valence-electron chi connectivity index (χ4n) is 3.68. The highest BCUT2D eigenvalue weighted by Crippen LogP contribution is 2.25. The molecule has 1 aliphatic rings. The Morgan fingerprint density at radius 1 is 0.875 bits per heavy atom. The molecule has 2 N–H and O–H groups in total. The zero-order valence-electron chi connectivity index (χ0n) is 17.2. The van der Waals surface area contributed by atoms with Gasteiger partial charge in [0.1, 0.15) is 5.82 Å². The molecule has 3 aromatic rings. The average Bonchev–Trinajstić information content (AvgIpc) is 2.81. The van der Waals surface area contributed by atoms with Crippen LogP contribution in [0.1, 0.15) is 23.2 Å². The molecule has 1 fully saturated rings. The van der Waals surface area contributed by atoms with Crippen LogP contribution < -0.4 is 15.5 Å². The van der Waals surface area contributed by atoms with E-state index in [2.05, 4.69) is 20.5 Å². The number of hydrogen-bond acceptors (Lipinski definition) is 4. The van der Waals surface area contributed by atoms with Crippen LogP contribution in [-0.2, 0) is 4.79 Å². The number of amides is 2. The molecule has 0 saturated carbocycles. The van der Waals surface area contributed by atoms with Crippen molar-refractivity contribution < 1.29 is 9.59 Å². The number of carbonyl (C=O) groups is 2. The van der Waals surface area contributed by atoms with E-state index in [1.165, 1.54) is 0 Å². The van der Waals surface area contributed by atoms with Gasteiger partial charge in [-0.25, -0.2) is 4.98 Å². The zero-order valence-corrected chi connectivity index (χ0v) is 18.7. The number of rotatable bonds is 5. The van der Waals surface area contributed by atoms with E-state index in [1.807, 2.05) is 12.1 Å². The number of nitrogens with one attached hydrogen (secondary N) is 2. The van der Waals surface area contributed by atoms with Crippen LogP contribution in [0.4, 0.5) is 17.2 Å². The van der Waals surface area contributed by atoms with Gasteiger partial charge in [0.05, 0.1) is 16.3 Å². The second kappa shape index (κ2) is 10.0. The summed E-state index contributed by atoms with van der Waals surface area (Å²) in [5.74, 6) is 0.343. The molecule has 164 valence electrons. The minimum absolute atomic E-state index is 0.0829. The number of benzene rings is 2. The smallest absolute Gasteiger partial charge is 0.257 e. The molecular formula is C24H22Cl2N4O2. The number of hydrogen-bond donors (Lipinski definition) is 2. The predicted molar refractivity (Wildman–Crippen MR) is 129 cm³/mol. The van der Waals surface area contributed by atoms with Crippen molar-refractivity contribution in [3.8, 4) is 0 Å². The minimum Gasteiger partial charge on any atom is -0.357 e. The highest BCUT2D eigenvalue weighted by Gasteiger charge is 2.26. The Hall–Kier alpha value is -3.09. The van der Waals surface area contributed by atoms with Crippen LogP contribution in [0.15, 0.2) is 66.9 Å². The predicted octanol–water partition coefficient (Wildman–Crippen LogP) is 5.50. The van der Waals surface area contributed by atoms with Crippen molar-refractivity contribution in [2.45, 2.75) is 12.8 Å². The van der Waals surface area contributed by atoms with E-state index in [9.17, 15) is 9.59 Å². The Bertz CT molecular complexity index is 1100. The Morgan fingerprint density at radius 3 is 2.25 bits per heavy atom. The molecule has 1 aliphatic heterocycles. The van der Waals surface area contributed by atoms with Crippen molar-refractivity contribution in [3.05, 3.63) is 82.5 Å². The number of nitrogens with zero attached hydrogens (tertiary/aromatic N) is 2. The van der Waals surface area contributed by atoms with Crippen LogP contribution in [0.25, 0.3) is 0 Å². The maximum atomic E-state index is 12.9. The first-order chi connectivity index (χ1) is 15.5. The number of carbonyl (C=O) groups excluding carboxylic acids is 2. The van der Waals surface area contributed by atoms with Gasteiger partial charge in [-0.05, 0) is 61.4 Å². The lowest BCUT2D eigenvalue weighted by Gasteiger charge is -2.32. The van der Waals surface area contributed by atoms with Gasteiger partial charge in [-0.2, -0.15) is 0 Å². The molecule has 1 aromatic heterocycles. The Balaban J connectivity index is 1.38. The van der Waals surface area contributed by atoms with Crippen molar-refractivity contribution >= 4 is 52.2 Å². The maximum Gasteiger partial charge on any atom is 0.257 e. The molecule has 2 amide bonds. The number of para-hydroxylation sites is 1. The van der Waals surface area contributed by atoms with Crippen molar-refractivity contribution in [2.24, 2.45) is 5.92 Å². The monoisotopic (exact) mass is 468 g/mol. The van der Waals surface area contributed by atoms with Crippen molar-refractivity contribution in [3.63, 3.8) is 0 Å². The van der Waals surface area contributed by atoms with Crippen LogP contribution >= 0.6 is 23.2 Å². The molecular weight excluding hydrogens is 447 g/mol. The largest absolute Gasteiger partial charge is 0.357 e. The maximum absolute atomic E-state index is 12.9. The van der Waals surface area contributed by atoms with Crippen molar-refractivity contribution in [1.82, 2.24) is 4.98 Å². The fourth-order valence-corrected chi connectivity index (χ4v) is 3.92. The highest BCUT2D eigenvalue weighted by molar-refractivity contribution is 6.30. The first-order valence-electron chi connectivity index (χ1n) is 10.3. The lowest BCUT2D eigenvalue weighted by Crippen LogP contribution is -2.38.